The van der Waals surface area contributed by atoms with E-state index in [0.717, 1.165) is 15.0 Å². The maximum atomic E-state index is 4.25. The van der Waals surface area contributed by atoms with Gasteiger partial charge in [-0.05, 0) is 111 Å². The van der Waals surface area contributed by atoms with E-state index in [-0.39, 0.29) is 100 Å². The predicted octanol–water partition coefficient (Wildman–Crippen LogP) is 8.32. The van der Waals surface area contributed by atoms with Gasteiger partial charge in [-0.25, -0.2) is 0 Å². The number of ether oxygens (including phenoxy) is 1. The van der Waals surface area contributed by atoms with Gasteiger partial charge in [-0.1, -0.05) is 85.3 Å². The Morgan fingerprint density at radius 3 is 0.453 bits per heavy atom. The van der Waals surface area contributed by atoms with E-state index in [1.165, 1.54) is 6.42 Å². The van der Waals surface area contributed by atoms with Gasteiger partial charge in [-0.15, -0.1) is 0 Å². The molecule has 19 heteroatoms. The molecule has 0 aliphatic heterocycles. The molecule has 0 saturated heterocycles. The summed E-state index contributed by atoms with van der Waals surface area (Å²) in [5.41, 5.74) is 0. The van der Waals surface area contributed by atoms with Gasteiger partial charge in [0.05, 0.1) is 0 Å². The van der Waals surface area contributed by atoms with Crippen LogP contribution in [0.25, 0.3) is 0 Å². The fourth-order valence-corrected chi connectivity index (χ4v) is 0. The molecule has 0 spiro atoms. The number of hydrogen-bond donors (Lipinski definition) is 7. The maximum absolute atomic E-state index is 4.25. The predicted molar refractivity (Wildman–Crippen MR) is 276 cm³/mol. The Morgan fingerprint density at radius 2 is 0.453 bits per heavy atom. The number of halogens is 7. The minimum atomic E-state index is 0. The Labute approximate surface area is 359 Å². The summed E-state index contributed by atoms with van der Waals surface area (Å²) in [5.74, 6) is 9.00. The molecule has 8 nitrogen and oxygen atoms in total. The zero-order valence-corrected chi connectivity index (χ0v) is 42.6. The van der Waals surface area contributed by atoms with Gasteiger partial charge in [0.1, 0.15) is 0 Å². The molecule has 0 heterocycles. The van der Waals surface area contributed by atoms with E-state index in [2.05, 4.69) is 92.1 Å². The average molecular weight is 994 g/mol. The first-order valence-corrected chi connectivity index (χ1v) is 27.5. The molecule has 0 bridgehead atoms. The number of rotatable bonds is 0. The van der Waals surface area contributed by atoms with Crippen molar-refractivity contribution in [2.24, 2.45) is 0 Å². The van der Waals surface area contributed by atoms with E-state index in [1.54, 1.807) is 26.0 Å². The first kappa shape index (κ1) is 209. The minimum absolute atomic E-state index is 0. The van der Waals surface area contributed by atoms with Crippen LogP contribution < -0.4 is 37.2 Å². The van der Waals surface area contributed by atoms with Crippen molar-refractivity contribution in [2.45, 2.75) is 109 Å². The van der Waals surface area contributed by atoms with Crippen LogP contribution in [0.4, 0.5) is 32.9 Å². The first-order valence-electron chi connectivity index (χ1n) is 13.7. The van der Waals surface area contributed by atoms with Crippen LogP contribution in [0.3, 0.4) is 0 Å². The molecule has 53 heavy (non-hydrogen) atoms. The van der Waals surface area contributed by atoms with Gasteiger partial charge in [-0.2, -0.15) is 11.8 Å². The van der Waals surface area contributed by atoms with E-state index in [0.29, 0.717) is 9.52 Å². The Hall–Kier alpha value is 0.819. The Morgan fingerprint density at radius 1 is 0.453 bits per heavy atom. The quantitative estimate of drug-likeness (QED) is 0.0957. The number of thioether (sulfide) groups is 1. The third-order valence-corrected chi connectivity index (χ3v) is 0. The second kappa shape index (κ2) is 743. The van der Waals surface area contributed by atoms with Gasteiger partial charge in [-0.3, -0.25) is 32.9 Å². The summed E-state index contributed by atoms with van der Waals surface area (Å²) >= 11 is 2.75. The van der Waals surface area contributed by atoms with Crippen molar-refractivity contribution >= 4 is 51.7 Å². The van der Waals surface area contributed by atoms with Gasteiger partial charge < -0.3 is 42.0 Å². The molecule has 0 aliphatic rings. The molecule has 0 radical (unpaired) electrons. The third-order valence-electron chi connectivity index (χ3n) is 0. The summed E-state index contributed by atoms with van der Waals surface area (Å²) in [6.07, 6.45) is 5.33. The summed E-state index contributed by atoms with van der Waals surface area (Å²) in [5, 5.41) is 19.2. The molecule has 7 N–H and O–H groups in total. The van der Waals surface area contributed by atoms with E-state index < -0.39 is 0 Å². The molecule has 0 atom stereocenters. The van der Waals surface area contributed by atoms with Crippen LogP contribution in [0.2, 0.25) is 36.3 Å². The molecule has 0 aliphatic carbocycles. The molecule has 0 saturated carbocycles. The zero-order valence-electron chi connectivity index (χ0n) is 35.7. The topological polar surface area (TPSA) is 93.4 Å². The van der Waals surface area contributed by atoms with Gasteiger partial charge in [0.2, 0.25) is 0 Å². The van der Waals surface area contributed by atoms with Crippen molar-refractivity contribution < 1.29 is 37.7 Å². The molecule has 372 valence electrons. The van der Waals surface area contributed by atoms with Crippen molar-refractivity contribution in [1.29, 1.82) is 0 Å². The van der Waals surface area contributed by atoms with E-state index in [1.807, 2.05) is 111 Å². The SMILES string of the molecule is C.C.C.C.C.C.C.CCC.CNC.CNC.CNC.CNC.CNC.CNC.CNC.COC.CSC.C[Se]C.C[SiH2]C.F.F.F.F.F.F.F.[CH3][GeH2][CH3]. The monoisotopic (exact) mass is 996 g/mol. The van der Waals surface area contributed by atoms with Gasteiger partial charge in [0, 0.05) is 23.7 Å². The van der Waals surface area contributed by atoms with E-state index in [4.69, 9.17) is 0 Å². The molecule has 0 amide bonds. The van der Waals surface area contributed by atoms with Crippen LogP contribution in [-0.4, -0.2) is 165 Å². The second-order valence-corrected chi connectivity index (χ2v) is 13.8. The molecular weight excluding hydrogens is 867 g/mol. The van der Waals surface area contributed by atoms with Crippen LogP contribution >= 0.6 is 11.8 Å². The second-order valence-electron chi connectivity index (χ2n) is 6.85. The van der Waals surface area contributed by atoms with Crippen molar-refractivity contribution in [3.8, 4) is 0 Å². The number of hydrogen-bond acceptors (Lipinski definition) is 9. The van der Waals surface area contributed by atoms with Crippen LogP contribution in [0.1, 0.15) is 72.3 Å². The molecule has 0 unspecified atom stereocenters. The molecule has 0 aromatic heterocycles. The number of methoxy groups -OCH3 is 1. The van der Waals surface area contributed by atoms with Crippen LogP contribution in [-0.2, 0) is 4.74 Å². The Bertz CT molecular complexity index is 139. The number of nitrogens with one attached hydrogen (secondary N) is 7. The van der Waals surface area contributed by atoms with Gasteiger partial charge >= 0.3 is 53.5 Å². The molecular formula is C34H126F7GeN7OSSeSi. The molecule has 0 aromatic rings. The van der Waals surface area contributed by atoms with Crippen molar-refractivity contribution in [1.82, 2.24) is 37.2 Å². The van der Waals surface area contributed by atoms with Crippen molar-refractivity contribution in [3.05, 3.63) is 0 Å². The Balaban J connectivity index is -0.00000000541. The third kappa shape index (κ3) is 203000. The Kier molecular flexibility index (Phi) is 2930. The van der Waals surface area contributed by atoms with E-state index in [9.17, 15) is 0 Å². The van der Waals surface area contributed by atoms with Crippen molar-refractivity contribution in [2.75, 3.05) is 125 Å². The summed E-state index contributed by atoms with van der Waals surface area (Å²) in [6.45, 7) is 8.78. The molecule has 0 aromatic carbocycles. The fourth-order valence-electron chi connectivity index (χ4n) is 0. The fraction of sp³-hybridized carbons (Fsp3) is 1.00. The van der Waals surface area contributed by atoms with Crippen LogP contribution in [0.15, 0.2) is 0 Å². The van der Waals surface area contributed by atoms with Crippen LogP contribution in [0.5, 0.6) is 0 Å². The van der Waals surface area contributed by atoms with Gasteiger partial charge in [0.15, 0.2) is 0 Å². The van der Waals surface area contributed by atoms with Crippen LogP contribution in [0, 0.1) is 0 Å². The normalized spacial score (nSPS) is 4.42. The van der Waals surface area contributed by atoms with Crippen molar-refractivity contribution in [3.63, 3.8) is 0 Å². The summed E-state index contributed by atoms with van der Waals surface area (Å²) in [4.78, 5) is 0. The summed E-state index contributed by atoms with van der Waals surface area (Å²) in [6, 6.07) is 0. The molecule has 0 rings (SSSR count). The molecule has 0 fully saturated rings. The van der Waals surface area contributed by atoms with E-state index >= 15 is 0 Å². The van der Waals surface area contributed by atoms with Gasteiger partial charge in [0.25, 0.3) is 0 Å². The first-order chi connectivity index (χ1) is 18.4. The zero-order chi connectivity index (χ0) is 35.2. The average Bonchev–Trinajstić information content (AvgIpc) is 2.81. The summed E-state index contributed by atoms with van der Waals surface area (Å²) in [7, 11) is 29.9. The standard InChI is InChI=1S/C3H8.C2H8Ge.7C2H7N.C2H6O.C2H6S.C2H6Se.C2H8Si.7CH4.7FH/c13*1-3-2;;;;;;;;;;;;;;/h2*3H2,1-2H3;7*3H,1-2H3;3*1-2H3;3H2,1-2H3;7*1H4;7*1H. The summed E-state index contributed by atoms with van der Waals surface area (Å²) < 4.78 is 4.25.